The van der Waals surface area contributed by atoms with E-state index in [1.807, 2.05) is 30.0 Å². The molecule has 0 saturated heterocycles. The predicted molar refractivity (Wildman–Crippen MR) is 84.0 cm³/mol. The van der Waals surface area contributed by atoms with Crippen molar-refractivity contribution in [1.29, 1.82) is 0 Å². The minimum Gasteiger partial charge on any atom is -0.118 e. The first kappa shape index (κ1) is 13.4. The molecule has 0 aliphatic carbocycles. The predicted octanol–water partition coefficient (Wildman–Crippen LogP) is 5.86. The maximum atomic E-state index is 3.87. The standard InChI is InChI=1S/C16H15BrS/c1-2-8-16(14-11-6-7-12-15(14)17)18-13-9-4-3-5-10-13/h2-7,9-12,16H,1,8H2. The van der Waals surface area contributed by atoms with Crippen molar-refractivity contribution in [2.24, 2.45) is 0 Å². The van der Waals surface area contributed by atoms with E-state index >= 15 is 0 Å². The fraction of sp³-hybridized carbons (Fsp3) is 0.125. The minimum atomic E-state index is 0.403. The van der Waals surface area contributed by atoms with E-state index in [2.05, 4.69) is 65.0 Å². The third-order valence-electron chi connectivity index (χ3n) is 2.65. The average molecular weight is 319 g/mol. The van der Waals surface area contributed by atoms with Gasteiger partial charge in [0.1, 0.15) is 0 Å². The summed E-state index contributed by atoms with van der Waals surface area (Å²) in [5.41, 5.74) is 1.33. The van der Waals surface area contributed by atoms with E-state index < -0.39 is 0 Å². The van der Waals surface area contributed by atoms with Gasteiger partial charge in [0.05, 0.1) is 0 Å². The van der Waals surface area contributed by atoms with Crippen LogP contribution in [0.3, 0.4) is 0 Å². The molecule has 2 aromatic carbocycles. The number of thioether (sulfide) groups is 1. The minimum absolute atomic E-state index is 0.403. The van der Waals surface area contributed by atoms with E-state index in [-0.39, 0.29) is 0 Å². The number of benzene rings is 2. The quantitative estimate of drug-likeness (QED) is 0.491. The molecule has 0 nitrogen and oxygen atoms in total. The second-order valence-corrected chi connectivity index (χ2v) is 6.10. The molecular weight excluding hydrogens is 304 g/mol. The molecule has 0 amide bonds. The van der Waals surface area contributed by atoms with Gasteiger partial charge in [-0.1, -0.05) is 58.4 Å². The van der Waals surface area contributed by atoms with Crippen molar-refractivity contribution in [2.45, 2.75) is 16.6 Å². The lowest BCUT2D eigenvalue weighted by Gasteiger charge is -2.16. The molecule has 0 fully saturated rings. The van der Waals surface area contributed by atoms with Crippen LogP contribution in [0.25, 0.3) is 0 Å². The molecule has 2 rings (SSSR count). The van der Waals surface area contributed by atoms with Crippen molar-refractivity contribution < 1.29 is 0 Å². The summed E-state index contributed by atoms with van der Waals surface area (Å²) < 4.78 is 1.17. The molecular formula is C16H15BrS. The molecule has 1 atom stereocenters. The second-order valence-electron chi connectivity index (χ2n) is 3.97. The van der Waals surface area contributed by atoms with Crippen molar-refractivity contribution in [3.63, 3.8) is 0 Å². The van der Waals surface area contributed by atoms with Crippen LogP contribution in [0.4, 0.5) is 0 Å². The Bertz CT molecular complexity index is 508. The molecule has 0 saturated carbocycles. The highest BCUT2D eigenvalue weighted by atomic mass is 79.9. The molecule has 0 heterocycles. The summed E-state index contributed by atoms with van der Waals surface area (Å²) in [6.45, 7) is 3.87. The lowest BCUT2D eigenvalue weighted by Crippen LogP contribution is -1.94. The van der Waals surface area contributed by atoms with E-state index in [0.717, 1.165) is 6.42 Å². The molecule has 0 N–H and O–H groups in total. The van der Waals surface area contributed by atoms with Crippen LogP contribution in [0.1, 0.15) is 17.2 Å². The lowest BCUT2D eigenvalue weighted by molar-refractivity contribution is 0.964. The highest BCUT2D eigenvalue weighted by molar-refractivity contribution is 9.10. The Labute approximate surface area is 121 Å². The summed E-state index contributed by atoms with van der Waals surface area (Å²) in [6.07, 6.45) is 2.95. The van der Waals surface area contributed by atoms with Gasteiger partial charge in [0, 0.05) is 14.6 Å². The van der Waals surface area contributed by atoms with Crippen molar-refractivity contribution in [2.75, 3.05) is 0 Å². The Morgan fingerprint density at radius 1 is 1.06 bits per heavy atom. The van der Waals surface area contributed by atoms with Crippen molar-refractivity contribution in [1.82, 2.24) is 0 Å². The SMILES string of the molecule is C=CCC(Sc1ccccc1)c1ccccc1Br. The van der Waals surface area contributed by atoms with Crippen LogP contribution in [-0.2, 0) is 0 Å². The molecule has 2 aromatic rings. The van der Waals surface area contributed by atoms with Gasteiger partial charge in [-0.15, -0.1) is 18.3 Å². The molecule has 0 aromatic heterocycles. The summed E-state index contributed by atoms with van der Waals surface area (Å²) in [5.74, 6) is 0. The zero-order valence-corrected chi connectivity index (χ0v) is 12.5. The summed E-state index contributed by atoms with van der Waals surface area (Å²) in [6, 6.07) is 18.9. The number of halogens is 1. The molecule has 2 heteroatoms. The Balaban J connectivity index is 2.24. The van der Waals surface area contributed by atoms with Gasteiger partial charge in [0.2, 0.25) is 0 Å². The third kappa shape index (κ3) is 3.50. The highest BCUT2D eigenvalue weighted by Gasteiger charge is 2.14. The van der Waals surface area contributed by atoms with Gasteiger partial charge in [0.15, 0.2) is 0 Å². The van der Waals surface area contributed by atoms with Crippen LogP contribution < -0.4 is 0 Å². The molecule has 0 bridgehead atoms. The van der Waals surface area contributed by atoms with E-state index in [4.69, 9.17) is 0 Å². The molecule has 92 valence electrons. The smallest absolute Gasteiger partial charge is 0.0390 e. The van der Waals surface area contributed by atoms with E-state index in [0.29, 0.717) is 5.25 Å². The molecule has 0 aliphatic heterocycles. The summed E-state index contributed by atoms with van der Waals surface area (Å²) in [5, 5.41) is 0.403. The van der Waals surface area contributed by atoms with Crippen molar-refractivity contribution in [3.8, 4) is 0 Å². The first-order valence-corrected chi connectivity index (χ1v) is 7.55. The topological polar surface area (TPSA) is 0 Å². The number of allylic oxidation sites excluding steroid dienone is 1. The second kappa shape index (κ2) is 6.81. The van der Waals surface area contributed by atoms with E-state index in [1.165, 1.54) is 14.9 Å². The van der Waals surface area contributed by atoms with Crippen LogP contribution in [-0.4, -0.2) is 0 Å². The number of hydrogen-bond donors (Lipinski definition) is 0. The Hall–Kier alpha value is -0.990. The Kier molecular flexibility index (Phi) is 5.09. The number of rotatable bonds is 5. The fourth-order valence-electron chi connectivity index (χ4n) is 1.79. The zero-order valence-electron chi connectivity index (χ0n) is 10.1. The third-order valence-corrected chi connectivity index (χ3v) is 4.65. The maximum absolute atomic E-state index is 3.87. The lowest BCUT2D eigenvalue weighted by atomic mass is 10.1. The van der Waals surface area contributed by atoms with Crippen LogP contribution in [0.5, 0.6) is 0 Å². The van der Waals surface area contributed by atoms with Crippen molar-refractivity contribution >= 4 is 27.7 Å². The van der Waals surface area contributed by atoms with Crippen LogP contribution in [0.15, 0.2) is 76.6 Å². The van der Waals surface area contributed by atoms with Crippen LogP contribution >= 0.6 is 27.7 Å². The average Bonchev–Trinajstić information content (AvgIpc) is 2.40. The Morgan fingerprint density at radius 3 is 2.39 bits per heavy atom. The summed E-state index contributed by atoms with van der Waals surface area (Å²) in [7, 11) is 0. The van der Waals surface area contributed by atoms with Gasteiger partial charge < -0.3 is 0 Å². The Morgan fingerprint density at radius 2 is 1.72 bits per heavy atom. The normalized spacial score (nSPS) is 12.1. The van der Waals surface area contributed by atoms with Crippen LogP contribution in [0.2, 0.25) is 0 Å². The van der Waals surface area contributed by atoms with Crippen LogP contribution in [0, 0.1) is 0 Å². The largest absolute Gasteiger partial charge is 0.118 e. The van der Waals surface area contributed by atoms with Gasteiger partial charge >= 0.3 is 0 Å². The zero-order chi connectivity index (χ0) is 12.8. The maximum Gasteiger partial charge on any atom is 0.0390 e. The number of hydrogen-bond acceptors (Lipinski definition) is 1. The molecule has 18 heavy (non-hydrogen) atoms. The summed E-state index contributed by atoms with van der Waals surface area (Å²) in [4.78, 5) is 1.29. The highest BCUT2D eigenvalue weighted by Crippen LogP contribution is 2.40. The van der Waals surface area contributed by atoms with Crippen molar-refractivity contribution in [3.05, 3.63) is 77.3 Å². The van der Waals surface area contributed by atoms with Gasteiger partial charge in [-0.05, 0) is 30.2 Å². The first-order valence-electron chi connectivity index (χ1n) is 5.88. The monoisotopic (exact) mass is 318 g/mol. The van der Waals surface area contributed by atoms with E-state index in [1.54, 1.807) is 0 Å². The van der Waals surface area contributed by atoms with Gasteiger partial charge in [-0.25, -0.2) is 0 Å². The summed E-state index contributed by atoms with van der Waals surface area (Å²) >= 11 is 5.51. The fourth-order valence-corrected chi connectivity index (χ4v) is 3.71. The van der Waals surface area contributed by atoms with Gasteiger partial charge in [0.25, 0.3) is 0 Å². The van der Waals surface area contributed by atoms with E-state index in [9.17, 15) is 0 Å². The molecule has 0 radical (unpaired) electrons. The van der Waals surface area contributed by atoms with Gasteiger partial charge in [-0.2, -0.15) is 0 Å². The molecule has 1 unspecified atom stereocenters. The molecule has 0 aliphatic rings. The molecule has 0 spiro atoms. The van der Waals surface area contributed by atoms with Gasteiger partial charge in [-0.3, -0.25) is 0 Å². The first-order chi connectivity index (χ1) is 8.81.